The summed E-state index contributed by atoms with van der Waals surface area (Å²) in [5.41, 5.74) is 3.73. The fraction of sp³-hybridized carbons (Fsp3) is 0.154. The van der Waals surface area contributed by atoms with Crippen LogP contribution in [-0.2, 0) is 11.3 Å². The Labute approximate surface area is 204 Å². The molecule has 34 heavy (non-hydrogen) atoms. The van der Waals surface area contributed by atoms with Crippen molar-refractivity contribution < 1.29 is 23.0 Å². The number of pyridine rings is 1. The number of esters is 1. The zero-order chi connectivity index (χ0) is 24.2. The van der Waals surface area contributed by atoms with Gasteiger partial charge in [0.15, 0.2) is 0 Å². The third-order valence-corrected chi connectivity index (χ3v) is 5.68. The average molecular weight is 527 g/mol. The van der Waals surface area contributed by atoms with Crippen molar-refractivity contribution in [3.8, 4) is 22.7 Å². The summed E-state index contributed by atoms with van der Waals surface area (Å²) in [6.07, 6.45) is 3.12. The van der Waals surface area contributed by atoms with Gasteiger partial charge in [-0.15, -0.1) is 0 Å². The minimum absolute atomic E-state index is 0.0742. The van der Waals surface area contributed by atoms with E-state index in [-0.39, 0.29) is 18.8 Å². The summed E-state index contributed by atoms with van der Waals surface area (Å²) in [5.74, 6) is -1.25. The number of halogens is 3. The number of aromatic nitrogens is 2. The summed E-state index contributed by atoms with van der Waals surface area (Å²) in [4.78, 5) is 16.4. The van der Waals surface area contributed by atoms with Crippen LogP contribution < -0.4 is 4.74 Å². The van der Waals surface area contributed by atoms with Crippen LogP contribution in [0, 0.1) is 18.6 Å². The molecule has 4 aromatic rings. The van der Waals surface area contributed by atoms with Crippen LogP contribution in [0.2, 0.25) is 0 Å². The molecule has 8 heteroatoms. The highest BCUT2D eigenvalue weighted by Gasteiger charge is 2.17. The van der Waals surface area contributed by atoms with Gasteiger partial charge in [0.1, 0.15) is 24.0 Å². The highest BCUT2D eigenvalue weighted by molar-refractivity contribution is 9.10. The van der Waals surface area contributed by atoms with Crippen LogP contribution in [0.4, 0.5) is 8.78 Å². The number of carbonyl (C=O) groups is 1. The quantitative estimate of drug-likeness (QED) is 0.253. The molecule has 0 bridgehead atoms. The van der Waals surface area contributed by atoms with E-state index in [2.05, 4.69) is 20.9 Å². The molecule has 2 aromatic heterocycles. The smallest absolute Gasteiger partial charge is 0.339 e. The summed E-state index contributed by atoms with van der Waals surface area (Å²) in [5, 5.41) is 0. The molecule has 0 aliphatic rings. The van der Waals surface area contributed by atoms with Gasteiger partial charge >= 0.3 is 5.97 Å². The highest BCUT2D eigenvalue weighted by atomic mass is 79.9. The van der Waals surface area contributed by atoms with Gasteiger partial charge in [0, 0.05) is 33.6 Å². The first-order valence-corrected chi connectivity index (χ1v) is 11.3. The molecular weight excluding hydrogens is 506 g/mol. The molecular formula is C26H21BrF2N2O3. The lowest BCUT2D eigenvalue weighted by atomic mass is 10.1. The first-order chi connectivity index (χ1) is 16.4. The molecule has 0 radical (unpaired) electrons. The molecule has 0 N–H and O–H groups in total. The van der Waals surface area contributed by atoms with Crippen molar-refractivity contribution in [2.75, 3.05) is 6.61 Å². The van der Waals surface area contributed by atoms with Crippen molar-refractivity contribution in [3.05, 3.63) is 99.9 Å². The molecule has 0 atom stereocenters. The van der Waals surface area contributed by atoms with Crippen LogP contribution in [0.15, 0.2) is 71.5 Å². The van der Waals surface area contributed by atoms with Gasteiger partial charge < -0.3 is 14.0 Å². The molecule has 2 heterocycles. The van der Waals surface area contributed by atoms with Crippen LogP contribution in [0.3, 0.4) is 0 Å². The molecule has 2 aromatic carbocycles. The Morgan fingerprint density at radius 3 is 2.65 bits per heavy atom. The summed E-state index contributed by atoms with van der Waals surface area (Å²) in [6, 6.07) is 14.5. The van der Waals surface area contributed by atoms with Gasteiger partial charge in [0.05, 0.1) is 29.7 Å². The van der Waals surface area contributed by atoms with Gasteiger partial charge in [0.2, 0.25) is 0 Å². The fourth-order valence-electron chi connectivity index (χ4n) is 3.59. The Bertz CT molecular complexity index is 1350. The number of carbonyl (C=O) groups excluding carboxylic acids is 1. The second-order valence-corrected chi connectivity index (χ2v) is 8.43. The maximum atomic E-state index is 14.1. The SMILES string of the molecule is CCOC(=O)c1cncc(-n2c(C)ccc2-c2ccc(Br)cc2OCc2ccc(F)cc2F)c1. The first kappa shape index (κ1) is 23.6. The molecule has 174 valence electrons. The van der Waals surface area contributed by atoms with Crippen molar-refractivity contribution >= 4 is 21.9 Å². The van der Waals surface area contributed by atoms with Crippen LogP contribution in [-0.4, -0.2) is 22.1 Å². The fourth-order valence-corrected chi connectivity index (χ4v) is 3.93. The van der Waals surface area contributed by atoms with E-state index >= 15 is 0 Å². The van der Waals surface area contributed by atoms with Gasteiger partial charge in [-0.3, -0.25) is 4.98 Å². The Morgan fingerprint density at radius 2 is 1.88 bits per heavy atom. The van der Waals surface area contributed by atoms with E-state index in [0.29, 0.717) is 17.0 Å². The Morgan fingerprint density at radius 1 is 1.06 bits per heavy atom. The zero-order valence-corrected chi connectivity index (χ0v) is 20.1. The number of aryl methyl sites for hydroxylation is 1. The van der Waals surface area contributed by atoms with E-state index in [1.165, 1.54) is 18.3 Å². The molecule has 0 fully saturated rings. The summed E-state index contributed by atoms with van der Waals surface area (Å²) in [7, 11) is 0. The zero-order valence-electron chi connectivity index (χ0n) is 18.5. The number of nitrogens with zero attached hydrogens (tertiary/aromatic N) is 2. The van der Waals surface area contributed by atoms with E-state index in [0.717, 1.165) is 27.5 Å². The molecule has 0 aliphatic heterocycles. The lowest BCUT2D eigenvalue weighted by molar-refractivity contribution is 0.0526. The van der Waals surface area contributed by atoms with Gasteiger partial charge in [-0.25, -0.2) is 13.6 Å². The van der Waals surface area contributed by atoms with Crippen molar-refractivity contribution in [1.29, 1.82) is 0 Å². The predicted octanol–water partition coefficient (Wildman–Crippen LogP) is 6.64. The Kier molecular flexibility index (Phi) is 7.07. The predicted molar refractivity (Wildman–Crippen MR) is 128 cm³/mol. The number of rotatable bonds is 7. The van der Waals surface area contributed by atoms with Crippen molar-refractivity contribution in [2.24, 2.45) is 0 Å². The second-order valence-electron chi connectivity index (χ2n) is 7.51. The normalized spacial score (nSPS) is 10.9. The van der Waals surface area contributed by atoms with Crippen molar-refractivity contribution in [1.82, 2.24) is 9.55 Å². The third kappa shape index (κ3) is 5.02. The molecule has 0 spiro atoms. The van der Waals surface area contributed by atoms with Crippen LogP contribution in [0.1, 0.15) is 28.5 Å². The molecule has 0 aliphatic carbocycles. The minimum atomic E-state index is -0.669. The van der Waals surface area contributed by atoms with Crippen molar-refractivity contribution in [3.63, 3.8) is 0 Å². The minimum Gasteiger partial charge on any atom is -0.488 e. The van der Waals surface area contributed by atoms with E-state index in [4.69, 9.17) is 9.47 Å². The van der Waals surface area contributed by atoms with E-state index in [9.17, 15) is 13.6 Å². The van der Waals surface area contributed by atoms with Crippen molar-refractivity contribution in [2.45, 2.75) is 20.5 Å². The van der Waals surface area contributed by atoms with Crippen LogP contribution >= 0.6 is 15.9 Å². The van der Waals surface area contributed by atoms with E-state index in [1.807, 2.05) is 35.8 Å². The first-order valence-electron chi connectivity index (χ1n) is 10.5. The second kappa shape index (κ2) is 10.2. The molecule has 0 amide bonds. The summed E-state index contributed by atoms with van der Waals surface area (Å²) >= 11 is 3.46. The molecule has 5 nitrogen and oxygen atoms in total. The summed E-state index contributed by atoms with van der Waals surface area (Å²) in [6.45, 7) is 3.88. The number of benzene rings is 2. The number of hydrogen-bond donors (Lipinski definition) is 0. The molecule has 0 unspecified atom stereocenters. The van der Waals surface area contributed by atoms with E-state index in [1.54, 1.807) is 25.3 Å². The largest absolute Gasteiger partial charge is 0.488 e. The number of hydrogen-bond acceptors (Lipinski definition) is 4. The highest BCUT2D eigenvalue weighted by Crippen LogP contribution is 2.36. The Balaban J connectivity index is 1.73. The molecule has 4 rings (SSSR count). The van der Waals surface area contributed by atoms with Crippen LogP contribution in [0.5, 0.6) is 5.75 Å². The number of ether oxygens (including phenoxy) is 2. The summed E-state index contributed by atoms with van der Waals surface area (Å²) < 4.78 is 41.2. The maximum absolute atomic E-state index is 14.1. The molecule has 0 saturated heterocycles. The van der Waals surface area contributed by atoms with Gasteiger partial charge in [-0.2, -0.15) is 0 Å². The maximum Gasteiger partial charge on any atom is 0.339 e. The lowest BCUT2D eigenvalue weighted by Gasteiger charge is -2.16. The monoisotopic (exact) mass is 526 g/mol. The average Bonchev–Trinajstić information content (AvgIpc) is 3.20. The molecule has 0 saturated carbocycles. The van der Waals surface area contributed by atoms with Gasteiger partial charge in [-0.1, -0.05) is 15.9 Å². The van der Waals surface area contributed by atoms with Crippen LogP contribution in [0.25, 0.3) is 16.9 Å². The Hall–Kier alpha value is -3.52. The van der Waals surface area contributed by atoms with Gasteiger partial charge in [0.25, 0.3) is 0 Å². The standard InChI is InChI=1S/C26H21BrF2N2O3/c1-3-33-26(32)18-10-21(14-30-13-18)31-16(2)4-9-24(31)22-8-6-19(27)11-25(22)34-15-17-5-7-20(28)12-23(17)29/h4-14H,3,15H2,1-2H3. The third-order valence-electron chi connectivity index (χ3n) is 5.19. The topological polar surface area (TPSA) is 53.3 Å². The van der Waals surface area contributed by atoms with E-state index < -0.39 is 17.6 Å². The lowest BCUT2D eigenvalue weighted by Crippen LogP contribution is -2.08. The van der Waals surface area contributed by atoms with Gasteiger partial charge in [-0.05, 0) is 62.4 Å².